The molecule has 0 saturated heterocycles. The monoisotopic (exact) mass is 244 g/mol. The van der Waals surface area contributed by atoms with Gasteiger partial charge >= 0.3 is 5.69 Å². The molecule has 0 aliphatic carbocycles. The molecule has 18 heavy (non-hydrogen) atoms. The summed E-state index contributed by atoms with van der Waals surface area (Å²) in [6, 6.07) is 8.03. The van der Waals surface area contributed by atoms with Gasteiger partial charge in [-0.15, -0.1) is 0 Å². The summed E-state index contributed by atoms with van der Waals surface area (Å²) in [4.78, 5) is 14.7. The molecule has 92 valence electrons. The van der Waals surface area contributed by atoms with Gasteiger partial charge in [0.05, 0.1) is 10.5 Å². The number of nitro benzene ring substituents is 1. The number of aryl methyl sites for hydroxylation is 2. The summed E-state index contributed by atoms with van der Waals surface area (Å²) in [6.07, 6.45) is 0. The second-order valence-electron chi connectivity index (χ2n) is 4.07. The number of hydrogen-bond acceptors (Lipinski definition) is 4. The molecule has 0 radical (unpaired) electrons. The standard InChI is InChI=1S/C13H12N2O3/c1-8-6-10(7-9(2)14-8)11-4-3-5-12(16)13(11)15(17)18/h3-7,16H,1-2H3. The maximum Gasteiger partial charge on any atom is 0.318 e. The van der Waals surface area contributed by atoms with Crippen molar-refractivity contribution in [2.24, 2.45) is 0 Å². The van der Waals surface area contributed by atoms with Gasteiger partial charge in [-0.25, -0.2) is 0 Å². The maximum absolute atomic E-state index is 11.0. The number of benzene rings is 1. The van der Waals surface area contributed by atoms with Crippen molar-refractivity contribution in [3.63, 3.8) is 0 Å². The van der Waals surface area contributed by atoms with Crippen LogP contribution < -0.4 is 0 Å². The number of pyridine rings is 1. The van der Waals surface area contributed by atoms with Crippen LogP contribution >= 0.6 is 0 Å². The van der Waals surface area contributed by atoms with Gasteiger partial charge in [0.25, 0.3) is 0 Å². The van der Waals surface area contributed by atoms with E-state index < -0.39 is 4.92 Å². The van der Waals surface area contributed by atoms with Gasteiger partial charge in [-0.05, 0) is 43.7 Å². The van der Waals surface area contributed by atoms with Crippen LogP contribution in [0.4, 0.5) is 5.69 Å². The van der Waals surface area contributed by atoms with E-state index in [4.69, 9.17) is 0 Å². The molecule has 2 rings (SSSR count). The number of phenols is 1. The van der Waals surface area contributed by atoms with Crippen LogP contribution in [0.3, 0.4) is 0 Å². The molecule has 1 heterocycles. The van der Waals surface area contributed by atoms with Crippen molar-refractivity contribution < 1.29 is 10.0 Å². The number of phenolic OH excluding ortho intramolecular Hbond substituents is 1. The van der Waals surface area contributed by atoms with Crippen molar-refractivity contribution in [1.82, 2.24) is 4.98 Å². The Morgan fingerprint density at radius 2 is 1.83 bits per heavy atom. The van der Waals surface area contributed by atoms with Gasteiger partial charge in [0, 0.05) is 11.4 Å². The number of hydrogen-bond donors (Lipinski definition) is 1. The van der Waals surface area contributed by atoms with Crippen molar-refractivity contribution in [2.45, 2.75) is 13.8 Å². The lowest BCUT2D eigenvalue weighted by molar-refractivity contribution is -0.385. The number of rotatable bonds is 2. The number of aromatic nitrogens is 1. The Balaban J connectivity index is 2.71. The molecule has 0 unspecified atom stereocenters. The van der Waals surface area contributed by atoms with Crippen LogP contribution in [-0.2, 0) is 0 Å². The fourth-order valence-electron chi connectivity index (χ4n) is 1.95. The third-order valence-corrected chi connectivity index (χ3v) is 2.59. The van der Waals surface area contributed by atoms with Crippen LogP contribution in [0, 0.1) is 24.0 Å². The van der Waals surface area contributed by atoms with E-state index in [1.165, 1.54) is 6.07 Å². The van der Waals surface area contributed by atoms with Crippen molar-refractivity contribution in [1.29, 1.82) is 0 Å². The van der Waals surface area contributed by atoms with Gasteiger partial charge in [0.1, 0.15) is 0 Å². The van der Waals surface area contributed by atoms with Gasteiger partial charge in [-0.1, -0.05) is 6.07 Å². The molecule has 5 nitrogen and oxygen atoms in total. The van der Waals surface area contributed by atoms with Crippen LogP contribution in [0.25, 0.3) is 11.1 Å². The molecule has 0 atom stereocenters. The number of aromatic hydroxyl groups is 1. The molecule has 5 heteroatoms. The molecule has 2 aromatic rings. The van der Waals surface area contributed by atoms with Crippen molar-refractivity contribution in [3.05, 3.63) is 51.8 Å². The third-order valence-electron chi connectivity index (χ3n) is 2.59. The molecule has 0 fully saturated rings. The lowest BCUT2D eigenvalue weighted by atomic mass is 10.0. The van der Waals surface area contributed by atoms with Crippen molar-refractivity contribution in [2.75, 3.05) is 0 Å². The zero-order valence-corrected chi connectivity index (χ0v) is 10.0. The Bertz CT molecular complexity index is 603. The Kier molecular flexibility index (Phi) is 2.97. The van der Waals surface area contributed by atoms with E-state index >= 15 is 0 Å². The number of para-hydroxylation sites is 1. The molecule has 0 spiro atoms. The van der Waals surface area contributed by atoms with E-state index in [1.807, 2.05) is 13.8 Å². The van der Waals surface area contributed by atoms with Gasteiger partial charge < -0.3 is 5.11 Å². The van der Waals surface area contributed by atoms with Crippen molar-refractivity contribution in [3.8, 4) is 16.9 Å². The fourth-order valence-corrected chi connectivity index (χ4v) is 1.95. The average molecular weight is 244 g/mol. The lowest BCUT2D eigenvalue weighted by Crippen LogP contribution is -1.94. The summed E-state index contributed by atoms with van der Waals surface area (Å²) in [5.74, 6) is -0.329. The van der Waals surface area contributed by atoms with E-state index in [2.05, 4.69) is 4.98 Å². The van der Waals surface area contributed by atoms with E-state index in [0.29, 0.717) is 11.1 Å². The minimum atomic E-state index is -0.574. The summed E-state index contributed by atoms with van der Waals surface area (Å²) < 4.78 is 0. The van der Waals surface area contributed by atoms with Crippen LogP contribution in [0.1, 0.15) is 11.4 Å². The van der Waals surface area contributed by atoms with Gasteiger partial charge in [0.2, 0.25) is 0 Å². The van der Waals surface area contributed by atoms with E-state index in [0.717, 1.165) is 11.4 Å². The topological polar surface area (TPSA) is 76.3 Å². The Morgan fingerprint density at radius 3 is 2.39 bits per heavy atom. The number of nitrogens with zero attached hydrogens (tertiary/aromatic N) is 2. The quantitative estimate of drug-likeness (QED) is 0.650. The minimum Gasteiger partial charge on any atom is -0.502 e. The predicted octanol–water partition coefficient (Wildman–Crippen LogP) is 2.98. The first-order chi connectivity index (χ1) is 8.49. The Hall–Kier alpha value is -2.43. The minimum absolute atomic E-state index is 0.275. The molecular formula is C13H12N2O3. The average Bonchev–Trinajstić information content (AvgIpc) is 2.26. The summed E-state index contributed by atoms with van der Waals surface area (Å²) in [5, 5.41) is 20.6. The Labute approximate surface area is 104 Å². The first-order valence-electron chi connectivity index (χ1n) is 5.41. The number of nitro groups is 1. The van der Waals surface area contributed by atoms with Gasteiger partial charge in [-0.3, -0.25) is 15.1 Å². The lowest BCUT2D eigenvalue weighted by Gasteiger charge is -2.06. The van der Waals surface area contributed by atoms with Gasteiger partial charge in [0.15, 0.2) is 5.75 Å². The molecule has 0 aliphatic heterocycles. The smallest absolute Gasteiger partial charge is 0.318 e. The highest BCUT2D eigenvalue weighted by molar-refractivity contribution is 5.77. The first-order valence-corrected chi connectivity index (χ1v) is 5.41. The third kappa shape index (κ3) is 2.15. The second kappa shape index (κ2) is 4.44. The molecule has 0 bridgehead atoms. The summed E-state index contributed by atoms with van der Waals surface area (Å²) >= 11 is 0. The van der Waals surface area contributed by atoms with E-state index in [9.17, 15) is 15.2 Å². The largest absolute Gasteiger partial charge is 0.502 e. The Morgan fingerprint density at radius 1 is 1.22 bits per heavy atom. The summed E-state index contributed by atoms with van der Waals surface area (Å²) in [6.45, 7) is 3.65. The molecule has 1 aromatic carbocycles. The highest BCUT2D eigenvalue weighted by Crippen LogP contribution is 2.36. The molecule has 1 N–H and O–H groups in total. The van der Waals surface area contributed by atoms with Crippen molar-refractivity contribution >= 4 is 5.69 Å². The van der Waals surface area contributed by atoms with Crippen LogP contribution in [-0.4, -0.2) is 15.0 Å². The molecular weight excluding hydrogens is 232 g/mol. The highest BCUT2D eigenvalue weighted by atomic mass is 16.6. The summed E-state index contributed by atoms with van der Waals surface area (Å²) in [7, 11) is 0. The SMILES string of the molecule is Cc1cc(-c2cccc(O)c2[N+](=O)[O-])cc(C)n1. The molecule has 1 aromatic heterocycles. The zero-order chi connectivity index (χ0) is 13.3. The normalized spacial score (nSPS) is 10.3. The summed E-state index contributed by atoms with van der Waals surface area (Å²) in [5.41, 5.74) is 2.36. The highest BCUT2D eigenvalue weighted by Gasteiger charge is 2.20. The molecule has 0 saturated carbocycles. The predicted molar refractivity (Wildman–Crippen MR) is 67.5 cm³/mol. The molecule has 0 aliphatic rings. The zero-order valence-electron chi connectivity index (χ0n) is 10.0. The van der Waals surface area contributed by atoms with Gasteiger partial charge in [-0.2, -0.15) is 0 Å². The maximum atomic E-state index is 11.0. The molecule has 0 amide bonds. The first kappa shape index (κ1) is 12.0. The second-order valence-corrected chi connectivity index (χ2v) is 4.07. The van der Waals surface area contributed by atoms with Crippen LogP contribution in [0.5, 0.6) is 5.75 Å². The van der Waals surface area contributed by atoms with E-state index in [-0.39, 0.29) is 11.4 Å². The van der Waals surface area contributed by atoms with E-state index in [1.54, 1.807) is 24.3 Å². The van der Waals surface area contributed by atoms with Crippen LogP contribution in [0.15, 0.2) is 30.3 Å². The fraction of sp³-hybridized carbons (Fsp3) is 0.154. The van der Waals surface area contributed by atoms with Crippen LogP contribution in [0.2, 0.25) is 0 Å².